The molecule has 0 heterocycles. The molecule has 0 aliphatic carbocycles. The van der Waals surface area contributed by atoms with Crippen molar-refractivity contribution in [3.63, 3.8) is 0 Å². The summed E-state index contributed by atoms with van der Waals surface area (Å²) in [7, 11) is 0. The summed E-state index contributed by atoms with van der Waals surface area (Å²) in [5.41, 5.74) is 0. The van der Waals surface area contributed by atoms with E-state index in [0.29, 0.717) is 25.2 Å². The Labute approximate surface area is 94.5 Å². The van der Waals surface area contributed by atoms with Crippen LogP contribution in [-0.2, 0) is 9.47 Å². The summed E-state index contributed by atoms with van der Waals surface area (Å²) in [5.74, 6) is 0.669. The number of hydrogen-bond donors (Lipinski definition) is 1. The molecule has 0 saturated heterocycles. The second kappa shape index (κ2) is 9.13. The molecule has 0 aromatic rings. The van der Waals surface area contributed by atoms with E-state index in [9.17, 15) is 0 Å². The van der Waals surface area contributed by atoms with Gasteiger partial charge in [-0.15, -0.1) is 0 Å². The van der Waals surface area contributed by atoms with Gasteiger partial charge in [0.05, 0.1) is 0 Å². The van der Waals surface area contributed by atoms with Gasteiger partial charge in [-0.1, -0.05) is 13.8 Å². The Hall–Kier alpha value is -0.120. The Balaban J connectivity index is 3.60. The van der Waals surface area contributed by atoms with E-state index in [1.165, 1.54) is 0 Å². The molecule has 1 unspecified atom stereocenters. The summed E-state index contributed by atoms with van der Waals surface area (Å²) in [6, 6.07) is 0.550. The SMILES string of the molecule is CCOC(CCNC(C)C(C)C)OCC. The third-order valence-electron chi connectivity index (χ3n) is 2.55. The van der Waals surface area contributed by atoms with Gasteiger partial charge in [-0.2, -0.15) is 0 Å². The van der Waals surface area contributed by atoms with Gasteiger partial charge in [0, 0.05) is 32.2 Å². The lowest BCUT2D eigenvalue weighted by molar-refractivity contribution is -0.138. The minimum absolute atomic E-state index is 0.0492. The van der Waals surface area contributed by atoms with Crippen molar-refractivity contribution in [3.05, 3.63) is 0 Å². The average molecular weight is 217 g/mol. The van der Waals surface area contributed by atoms with Gasteiger partial charge in [0.2, 0.25) is 0 Å². The maximum atomic E-state index is 5.46. The molecular formula is C12H27NO2. The first-order valence-corrected chi connectivity index (χ1v) is 6.08. The molecular weight excluding hydrogens is 190 g/mol. The second-order valence-electron chi connectivity index (χ2n) is 4.12. The maximum absolute atomic E-state index is 5.46. The predicted molar refractivity (Wildman–Crippen MR) is 64.0 cm³/mol. The lowest BCUT2D eigenvalue weighted by Gasteiger charge is -2.20. The molecule has 0 aliphatic heterocycles. The molecule has 1 N–H and O–H groups in total. The molecule has 0 amide bonds. The summed E-state index contributed by atoms with van der Waals surface area (Å²) in [6.07, 6.45) is 0.866. The van der Waals surface area contributed by atoms with Crippen molar-refractivity contribution in [2.24, 2.45) is 5.92 Å². The summed E-state index contributed by atoms with van der Waals surface area (Å²) < 4.78 is 10.9. The number of ether oxygens (including phenoxy) is 2. The predicted octanol–water partition coefficient (Wildman–Crippen LogP) is 2.41. The molecule has 0 radical (unpaired) electrons. The summed E-state index contributed by atoms with van der Waals surface area (Å²) in [4.78, 5) is 0. The van der Waals surface area contributed by atoms with Gasteiger partial charge in [0.1, 0.15) is 0 Å². The highest BCUT2D eigenvalue weighted by atomic mass is 16.7. The average Bonchev–Trinajstić information content (AvgIpc) is 2.18. The first-order chi connectivity index (χ1) is 7.11. The van der Waals surface area contributed by atoms with E-state index in [1.807, 2.05) is 13.8 Å². The molecule has 0 fully saturated rings. The van der Waals surface area contributed by atoms with Crippen LogP contribution in [0.4, 0.5) is 0 Å². The van der Waals surface area contributed by atoms with Crippen LogP contribution in [0.3, 0.4) is 0 Å². The zero-order valence-corrected chi connectivity index (χ0v) is 10.9. The number of rotatable bonds is 9. The van der Waals surface area contributed by atoms with Crippen molar-refractivity contribution in [1.29, 1.82) is 0 Å². The molecule has 92 valence electrons. The van der Waals surface area contributed by atoms with Gasteiger partial charge in [-0.05, 0) is 26.7 Å². The van der Waals surface area contributed by atoms with Crippen LogP contribution in [0, 0.1) is 5.92 Å². The van der Waals surface area contributed by atoms with Gasteiger partial charge in [-0.3, -0.25) is 0 Å². The summed E-state index contributed by atoms with van der Waals surface area (Å²) in [6.45, 7) is 13.0. The minimum Gasteiger partial charge on any atom is -0.353 e. The number of hydrogen-bond acceptors (Lipinski definition) is 3. The molecule has 0 aromatic carbocycles. The van der Waals surface area contributed by atoms with Crippen LogP contribution in [-0.4, -0.2) is 32.1 Å². The molecule has 0 bridgehead atoms. The van der Waals surface area contributed by atoms with E-state index >= 15 is 0 Å². The molecule has 3 heteroatoms. The fourth-order valence-electron chi connectivity index (χ4n) is 1.25. The maximum Gasteiger partial charge on any atom is 0.158 e. The topological polar surface area (TPSA) is 30.5 Å². The third kappa shape index (κ3) is 7.77. The largest absolute Gasteiger partial charge is 0.353 e. The fourth-order valence-corrected chi connectivity index (χ4v) is 1.25. The third-order valence-corrected chi connectivity index (χ3v) is 2.55. The van der Waals surface area contributed by atoms with Crippen LogP contribution in [0.25, 0.3) is 0 Å². The lowest BCUT2D eigenvalue weighted by atomic mass is 10.1. The Morgan fingerprint density at radius 2 is 1.53 bits per heavy atom. The van der Waals surface area contributed by atoms with E-state index in [1.54, 1.807) is 0 Å². The molecule has 0 spiro atoms. The molecule has 15 heavy (non-hydrogen) atoms. The highest BCUT2D eigenvalue weighted by molar-refractivity contribution is 4.64. The highest BCUT2D eigenvalue weighted by Crippen LogP contribution is 2.03. The van der Waals surface area contributed by atoms with Gasteiger partial charge < -0.3 is 14.8 Å². The van der Waals surface area contributed by atoms with E-state index in [-0.39, 0.29) is 6.29 Å². The second-order valence-corrected chi connectivity index (χ2v) is 4.12. The monoisotopic (exact) mass is 217 g/mol. The van der Waals surface area contributed by atoms with Gasteiger partial charge in [0.15, 0.2) is 6.29 Å². The Bertz CT molecular complexity index is 134. The smallest absolute Gasteiger partial charge is 0.158 e. The fraction of sp³-hybridized carbons (Fsp3) is 1.00. The molecule has 0 rings (SSSR count). The van der Waals surface area contributed by atoms with Crippen LogP contribution in [0.2, 0.25) is 0 Å². The highest BCUT2D eigenvalue weighted by Gasteiger charge is 2.10. The van der Waals surface area contributed by atoms with Crippen molar-refractivity contribution in [2.45, 2.75) is 53.4 Å². The van der Waals surface area contributed by atoms with E-state index in [2.05, 4.69) is 26.1 Å². The summed E-state index contributed by atoms with van der Waals surface area (Å²) >= 11 is 0. The zero-order valence-electron chi connectivity index (χ0n) is 10.9. The molecule has 0 saturated carbocycles. The molecule has 0 aliphatic rings. The van der Waals surface area contributed by atoms with Crippen molar-refractivity contribution in [1.82, 2.24) is 5.32 Å². The first-order valence-electron chi connectivity index (χ1n) is 6.08. The zero-order chi connectivity index (χ0) is 11.7. The van der Waals surface area contributed by atoms with Crippen molar-refractivity contribution in [3.8, 4) is 0 Å². The van der Waals surface area contributed by atoms with Crippen LogP contribution >= 0.6 is 0 Å². The number of nitrogens with one attached hydrogen (secondary N) is 1. The van der Waals surface area contributed by atoms with Gasteiger partial charge in [-0.25, -0.2) is 0 Å². The van der Waals surface area contributed by atoms with E-state index < -0.39 is 0 Å². The summed E-state index contributed by atoms with van der Waals surface area (Å²) in [5, 5.41) is 3.47. The van der Waals surface area contributed by atoms with Crippen LogP contribution in [0.15, 0.2) is 0 Å². The Morgan fingerprint density at radius 3 is 1.93 bits per heavy atom. The van der Waals surface area contributed by atoms with Crippen molar-refractivity contribution >= 4 is 0 Å². The van der Waals surface area contributed by atoms with E-state index in [0.717, 1.165) is 13.0 Å². The molecule has 3 nitrogen and oxygen atoms in total. The van der Waals surface area contributed by atoms with Gasteiger partial charge >= 0.3 is 0 Å². The van der Waals surface area contributed by atoms with Crippen LogP contribution < -0.4 is 5.32 Å². The van der Waals surface area contributed by atoms with Gasteiger partial charge in [0.25, 0.3) is 0 Å². The normalized spacial score (nSPS) is 13.8. The van der Waals surface area contributed by atoms with Crippen LogP contribution in [0.1, 0.15) is 41.0 Å². The lowest BCUT2D eigenvalue weighted by Crippen LogP contribution is -2.34. The van der Waals surface area contributed by atoms with Crippen LogP contribution in [0.5, 0.6) is 0 Å². The molecule has 1 atom stereocenters. The van der Waals surface area contributed by atoms with Crippen molar-refractivity contribution < 1.29 is 9.47 Å². The quantitative estimate of drug-likeness (QED) is 0.602. The Kier molecular flexibility index (Phi) is 9.06. The Morgan fingerprint density at radius 1 is 1.00 bits per heavy atom. The molecule has 0 aromatic heterocycles. The minimum atomic E-state index is -0.0492. The first kappa shape index (κ1) is 14.9. The standard InChI is InChI=1S/C12H27NO2/c1-6-14-12(15-7-2)8-9-13-11(5)10(3)4/h10-13H,6-9H2,1-5H3. The van der Waals surface area contributed by atoms with Crippen molar-refractivity contribution in [2.75, 3.05) is 19.8 Å². The van der Waals surface area contributed by atoms with E-state index in [4.69, 9.17) is 9.47 Å².